The van der Waals surface area contributed by atoms with Crippen molar-refractivity contribution in [3.05, 3.63) is 59.2 Å². The van der Waals surface area contributed by atoms with Crippen molar-refractivity contribution >= 4 is 32.6 Å². The number of carbonyl (C=O) groups is 1. The van der Waals surface area contributed by atoms with Gasteiger partial charge in [-0.05, 0) is 55.6 Å². The van der Waals surface area contributed by atoms with Gasteiger partial charge >= 0.3 is 0 Å². The molecule has 4 nitrogen and oxygen atoms in total. The van der Waals surface area contributed by atoms with Crippen molar-refractivity contribution in [3.8, 4) is 0 Å². The van der Waals surface area contributed by atoms with Crippen LogP contribution in [0.3, 0.4) is 0 Å². The number of rotatable bonds is 5. The lowest BCUT2D eigenvalue weighted by Gasteiger charge is -2.26. The van der Waals surface area contributed by atoms with Crippen LogP contribution in [0.1, 0.15) is 16.7 Å². The van der Waals surface area contributed by atoms with E-state index in [4.69, 9.17) is 11.6 Å². The highest BCUT2D eigenvalue weighted by Gasteiger charge is 2.28. The van der Waals surface area contributed by atoms with Crippen LogP contribution in [0.15, 0.2) is 47.4 Å². The Morgan fingerprint density at radius 2 is 1.52 bits per heavy atom. The molecule has 2 rings (SSSR count). The zero-order valence-corrected chi connectivity index (χ0v) is 14.8. The lowest BCUT2D eigenvalue weighted by atomic mass is 10.1. The zero-order valence-electron chi connectivity index (χ0n) is 13.2. The lowest BCUT2D eigenvalue weighted by molar-refractivity contribution is -0.110. The van der Waals surface area contributed by atoms with Crippen LogP contribution in [0.2, 0.25) is 0 Å². The van der Waals surface area contributed by atoms with Gasteiger partial charge in [-0.1, -0.05) is 35.9 Å². The van der Waals surface area contributed by atoms with Gasteiger partial charge in [0.2, 0.25) is 5.24 Å². The van der Waals surface area contributed by atoms with Crippen molar-refractivity contribution in [1.29, 1.82) is 0 Å². The first-order valence-electron chi connectivity index (χ1n) is 7.07. The van der Waals surface area contributed by atoms with Gasteiger partial charge in [0.15, 0.2) is 0 Å². The molecule has 0 N–H and O–H groups in total. The third kappa shape index (κ3) is 3.74. The van der Waals surface area contributed by atoms with Crippen LogP contribution in [0.5, 0.6) is 0 Å². The van der Waals surface area contributed by atoms with Crippen molar-refractivity contribution in [3.63, 3.8) is 0 Å². The Morgan fingerprint density at radius 3 is 2.00 bits per heavy atom. The summed E-state index contributed by atoms with van der Waals surface area (Å²) in [5.41, 5.74) is 2.97. The highest BCUT2D eigenvalue weighted by atomic mass is 35.5. The van der Waals surface area contributed by atoms with Gasteiger partial charge in [0, 0.05) is 0 Å². The average molecular weight is 352 g/mol. The molecule has 0 unspecified atom stereocenters. The lowest BCUT2D eigenvalue weighted by Crippen LogP contribution is -2.35. The van der Waals surface area contributed by atoms with Crippen LogP contribution in [-0.4, -0.2) is 20.2 Å². The summed E-state index contributed by atoms with van der Waals surface area (Å²) in [5, 5.41) is -0.733. The molecule has 0 aliphatic rings. The maximum atomic E-state index is 13.0. The molecule has 6 heteroatoms. The van der Waals surface area contributed by atoms with Crippen molar-refractivity contribution in [1.82, 2.24) is 0 Å². The Kier molecular flexibility index (Phi) is 5.12. The fourth-order valence-electron chi connectivity index (χ4n) is 2.43. The summed E-state index contributed by atoms with van der Waals surface area (Å²) in [6.07, 6.45) is 0. The van der Waals surface area contributed by atoms with Crippen LogP contribution in [-0.2, 0) is 14.8 Å². The van der Waals surface area contributed by atoms with Crippen molar-refractivity contribution in [2.45, 2.75) is 25.7 Å². The van der Waals surface area contributed by atoms with E-state index in [2.05, 4.69) is 0 Å². The molecule has 2 aromatic rings. The third-order valence-corrected chi connectivity index (χ3v) is 5.45. The summed E-state index contributed by atoms with van der Waals surface area (Å²) < 4.78 is 27.1. The number of nitrogens with zero attached hydrogens (tertiary/aromatic N) is 1. The molecule has 122 valence electrons. The highest BCUT2D eigenvalue weighted by Crippen LogP contribution is 2.30. The first-order chi connectivity index (χ1) is 10.7. The van der Waals surface area contributed by atoms with Crippen LogP contribution >= 0.6 is 11.6 Å². The molecule has 0 aromatic heterocycles. The third-order valence-electron chi connectivity index (χ3n) is 3.57. The van der Waals surface area contributed by atoms with Crippen LogP contribution in [0.4, 0.5) is 5.69 Å². The summed E-state index contributed by atoms with van der Waals surface area (Å²) in [6, 6.07) is 12.0. The van der Waals surface area contributed by atoms with Crippen molar-refractivity contribution < 1.29 is 13.2 Å². The van der Waals surface area contributed by atoms with E-state index in [0.29, 0.717) is 5.69 Å². The number of carbonyl (C=O) groups excluding carboxylic acids is 1. The standard InChI is InChI=1S/C17H18ClNO3S/c1-12-7-9-15(10-8-12)23(21,22)19(11-16(18)20)17-13(2)5-4-6-14(17)3/h4-10H,11H2,1-3H3. The van der Waals surface area contributed by atoms with Crippen molar-refractivity contribution in [2.24, 2.45) is 0 Å². The van der Waals surface area contributed by atoms with Gasteiger partial charge in [-0.15, -0.1) is 0 Å². The molecule has 0 spiro atoms. The van der Waals surface area contributed by atoms with Crippen LogP contribution in [0.25, 0.3) is 0 Å². The fourth-order valence-corrected chi connectivity index (χ4v) is 4.17. The minimum absolute atomic E-state index is 0.128. The minimum Gasteiger partial charge on any atom is -0.279 e. The summed E-state index contributed by atoms with van der Waals surface area (Å²) in [6.45, 7) is 5.07. The second kappa shape index (κ2) is 6.72. The predicted molar refractivity (Wildman–Crippen MR) is 92.5 cm³/mol. The first kappa shape index (κ1) is 17.5. The molecule has 0 fully saturated rings. The maximum absolute atomic E-state index is 13.0. The molecule has 0 saturated carbocycles. The van der Waals surface area contributed by atoms with Gasteiger partial charge in [-0.2, -0.15) is 0 Å². The number of aryl methyl sites for hydroxylation is 3. The number of hydrogen-bond acceptors (Lipinski definition) is 3. The molecule has 0 radical (unpaired) electrons. The number of anilines is 1. The molecule has 23 heavy (non-hydrogen) atoms. The normalized spacial score (nSPS) is 11.3. The van der Waals surface area contributed by atoms with Gasteiger partial charge in [0.25, 0.3) is 10.0 Å². The van der Waals surface area contributed by atoms with Gasteiger partial charge in [0.1, 0.15) is 6.54 Å². The second-order valence-corrected chi connectivity index (χ2v) is 7.70. The Morgan fingerprint density at radius 1 is 1.00 bits per heavy atom. The average Bonchev–Trinajstić information content (AvgIpc) is 2.46. The number of benzene rings is 2. The van der Waals surface area contributed by atoms with E-state index < -0.39 is 21.8 Å². The molecule has 0 saturated heterocycles. The molecular formula is C17H18ClNO3S. The summed E-state index contributed by atoms with van der Waals surface area (Å²) in [4.78, 5) is 11.6. The van der Waals surface area contributed by atoms with Crippen LogP contribution < -0.4 is 4.31 Å². The molecule has 0 amide bonds. The van der Waals surface area contributed by atoms with E-state index in [0.717, 1.165) is 21.0 Å². The SMILES string of the molecule is Cc1ccc(S(=O)(=O)N(CC(=O)Cl)c2c(C)cccc2C)cc1. The van der Waals surface area contributed by atoms with Gasteiger partial charge in [-0.3, -0.25) is 9.10 Å². The molecule has 2 aromatic carbocycles. The Hall–Kier alpha value is -1.85. The molecule has 0 bridgehead atoms. The van der Waals surface area contributed by atoms with E-state index in [9.17, 15) is 13.2 Å². The predicted octanol–water partition coefficient (Wildman–Crippen LogP) is 3.57. The molecular weight excluding hydrogens is 334 g/mol. The quantitative estimate of drug-likeness (QED) is 0.774. The van der Waals surface area contributed by atoms with E-state index >= 15 is 0 Å². The van der Waals surface area contributed by atoms with Gasteiger partial charge in [-0.25, -0.2) is 8.42 Å². The Balaban J connectivity index is 2.63. The van der Waals surface area contributed by atoms with E-state index in [-0.39, 0.29) is 4.90 Å². The highest BCUT2D eigenvalue weighted by molar-refractivity contribution is 7.92. The smallest absolute Gasteiger partial charge is 0.264 e. The maximum Gasteiger partial charge on any atom is 0.264 e. The molecule has 0 atom stereocenters. The Labute approximate surface area is 141 Å². The van der Waals surface area contributed by atoms with E-state index in [1.165, 1.54) is 12.1 Å². The van der Waals surface area contributed by atoms with Gasteiger partial charge in [0.05, 0.1) is 10.6 Å². The summed E-state index contributed by atoms with van der Waals surface area (Å²) in [5.74, 6) is 0. The number of halogens is 1. The monoisotopic (exact) mass is 351 g/mol. The van der Waals surface area contributed by atoms with Crippen LogP contribution in [0, 0.1) is 20.8 Å². The molecule has 0 aliphatic carbocycles. The van der Waals surface area contributed by atoms with E-state index in [1.54, 1.807) is 38.1 Å². The van der Waals surface area contributed by atoms with Gasteiger partial charge < -0.3 is 0 Å². The topological polar surface area (TPSA) is 54.5 Å². The van der Waals surface area contributed by atoms with E-state index in [1.807, 2.05) is 13.0 Å². The first-order valence-corrected chi connectivity index (χ1v) is 8.89. The van der Waals surface area contributed by atoms with Crippen molar-refractivity contribution in [2.75, 3.05) is 10.8 Å². The minimum atomic E-state index is -3.88. The number of hydrogen-bond donors (Lipinski definition) is 0. The molecule has 0 aliphatic heterocycles. The number of para-hydroxylation sites is 1. The summed E-state index contributed by atoms with van der Waals surface area (Å²) >= 11 is 5.50. The zero-order chi connectivity index (χ0) is 17.2. The fraction of sp³-hybridized carbons (Fsp3) is 0.235. The summed E-state index contributed by atoms with van der Waals surface area (Å²) in [7, 11) is -3.88. The Bertz CT molecular complexity index is 809. The largest absolute Gasteiger partial charge is 0.279 e. The second-order valence-electron chi connectivity index (χ2n) is 5.42. The number of sulfonamides is 1. The molecule has 0 heterocycles.